The van der Waals surface area contributed by atoms with Gasteiger partial charge in [-0.3, -0.25) is 4.79 Å². The molecule has 0 aliphatic rings. The van der Waals surface area contributed by atoms with Gasteiger partial charge in [0.15, 0.2) is 0 Å². The topological polar surface area (TPSA) is 57.8 Å². The fraction of sp³-hybridized carbons (Fsp3) is 0. The van der Waals surface area contributed by atoms with E-state index in [0.717, 1.165) is 10.9 Å². The molecule has 0 atom stereocenters. The molecule has 0 fully saturated rings. The van der Waals surface area contributed by atoms with Crippen LogP contribution in [-0.2, 0) is 0 Å². The zero-order valence-corrected chi connectivity index (χ0v) is 10.6. The summed E-state index contributed by atoms with van der Waals surface area (Å²) in [5.74, 6) is 0.227. The summed E-state index contributed by atoms with van der Waals surface area (Å²) >= 11 is 5.86. The smallest absolute Gasteiger partial charge is 0.257 e. The number of hydrogen-bond donors (Lipinski definition) is 2. The van der Waals surface area contributed by atoms with E-state index in [-0.39, 0.29) is 5.91 Å². The van der Waals surface area contributed by atoms with E-state index in [2.05, 4.69) is 15.3 Å². The van der Waals surface area contributed by atoms with Crippen LogP contribution in [0.3, 0.4) is 0 Å². The zero-order valence-electron chi connectivity index (χ0n) is 9.85. The van der Waals surface area contributed by atoms with E-state index >= 15 is 0 Å². The lowest BCUT2D eigenvalue weighted by Crippen LogP contribution is -2.13. The Morgan fingerprint density at radius 2 is 2.16 bits per heavy atom. The number of hydrogen-bond acceptors (Lipinski definition) is 2. The maximum absolute atomic E-state index is 12.2. The van der Waals surface area contributed by atoms with Crippen LogP contribution in [0.25, 0.3) is 10.9 Å². The number of anilines is 1. The Balaban J connectivity index is 1.94. The van der Waals surface area contributed by atoms with E-state index in [0.29, 0.717) is 16.4 Å². The van der Waals surface area contributed by atoms with Crippen LogP contribution < -0.4 is 5.32 Å². The van der Waals surface area contributed by atoms with Crippen LogP contribution in [0.2, 0.25) is 5.02 Å². The van der Waals surface area contributed by atoms with Gasteiger partial charge in [0.1, 0.15) is 5.82 Å². The molecule has 0 radical (unpaired) electrons. The van der Waals surface area contributed by atoms with E-state index in [4.69, 9.17) is 11.6 Å². The first-order valence-corrected chi connectivity index (χ1v) is 6.11. The quantitative estimate of drug-likeness (QED) is 0.750. The first-order chi connectivity index (χ1) is 9.24. The molecule has 19 heavy (non-hydrogen) atoms. The van der Waals surface area contributed by atoms with Crippen molar-refractivity contribution in [2.75, 3.05) is 5.32 Å². The fourth-order valence-electron chi connectivity index (χ4n) is 1.94. The predicted octanol–water partition coefficient (Wildman–Crippen LogP) is 3.47. The van der Waals surface area contributed by atoms with Crippen molar-refractivity contribution in [3.8, 4) is 0 Å². The second-order valence-corrected chi connectivity index (χ2v) is 4.49. The number of carbonyl (C=O) groups is 1. The summed E-state index contributed by atoms with van der Waals surface area (Å²) < 4.78 is 0. The van der Waals surface area contributed by atoms with Gasteiger partial charge in [-0.25, -0.2) is 4.98 Å². The number of aromatic amines is 1. The van der Waals surface area contributed by atoms with E-state index in [1.54, 1.807) is 30.6 Å². The number of pyridine rings is 1. The van der Waals surface area contributed by atoms with Gasteiger partial charge in [-0.05, 0) is 30.3 Å². The van der Waals surface area contributed by atoms with Crippen molar-refractivity contribution >= 4 is 34.2 Å². The summed E-state index contributed by atoms with van der Waals surface area (Å²) in [5, 5.41) is 4.14. The van der Waals surface area contributed by atoms with Gasteiger partial charge in [0.05, 0.1) is 0 Å². The normalized spacial score (nSPS) is 10.6. The van der Waals surface area contributed by atoms with Crippen molar-refractivity contribution in [1.29, 1.82) is 0 Å². The number of benzene rings is 1. The Labute approximate surface area is 114 Å². The Morgan fingerprint density at radius 3 is 3.00 bits per heavy atom. The van der Waals surface area contributed by atoms with Gasteiger partial charge in [0.25, 0.3) is 5.91 Å². The Kier molecular flexibility index (Phi) is 2.93. The molecule has 0 aliphatic carbocycles. The molecule has 0 bridgehead atoms. The fourth-order valence-corrected chi connectivity index (χ4v) is 2.10. The van der Waals surface area contributed by atoms with Crippen molar-refractivity contribution in [3.05, 3.63) is 59.4 Å². The molecule has 0 unspecified atom stereocenters. The molecule has 1 amide bonds. The number of H-pyrrole nitrogens is 1. The van der Waals surface area contributed by atoms with Crippen molar-refractivity contribution in [3.63, 3.8) is 0 Å². The maximum atomic E-state index is 12.2. The Morgan fingerprint density at radius 1 is 1.26 bits per heavy atom. The predicted molar refractivity (Wildman–Crippen MR) is 75.5 cm³/mol. The van der Waals surface area contributed by atoms with Gasteiger partial charge in [0, 0.05) is 33.9 Å². The van der Waals surface area contributed by atoms with Crippen molar-refractivity contribution in [2.24, 2.45) is 0 Å². The first-order valence-electron chi connectivity index (χ1n) is 5.73. The Hall–Kier alpha value is -2.33. The monoisotopic (exact) mass is 271 g/mol. The number of fused-ring (bicyclic) bond motifs is 1. The highest BCUT2D eigenvalue weighted by Crippen LogP contribution is 2.19. The molecule has 3 aromatic rings. The minimum atomic E-state index is -0.208. The first kappa shape index (κ1) is 11.7. The summed E-state index contributed by atoms with van der Waals surface area (Å²) in [7, 11) is 0. The molecule has 2 N–H and O–H groups in total. The highest BCUT2D eigenvalue weighted by molar-refractivity contribution is 6.30. The lowest BCUT2D eigenvalue weighted by molar-refractivity contribution is 0.102. The highest BCUT2D eigenvalue weighted by Gasteiger charge is 2.11. The van der Waals surface area contributed by atoms with Crippen LogP contribution in [0.15, 0.2) is 48.8 Å². The average molecular weight is 272 g/mol. The number of carbonyl (C=O) groups excluding carboxylic acids is 1. The number of aromatic nitrogens is 2. The average Bonchev–Trinajstić information content (AvgIpc) is 2.86. The third-order valence-corrected chi connectivity index (χ3v) is 3.04. The molecular formula is C14H10ClN3O. The molecule has 0 saturated heterocycles. The number of nitrogens with one attached hydrogen (secondary N) is 2. The van der Waals surface area contributed by atoms with E-state index < -0.39 is 0 Å². The molecule has 3 rings (SSSR count). The summed E-state index contributed by atoms with van der Waals surface area (Å²) in [5.41, 5.74) is 1.52. The molecule has 2 heterocycles. The third-order valence-electron chi connectivity index (χ3n) is 2.80. The molecule has 94 valence electrons. The van der Waals surface area contributed by atoms with Crippen molar-refractivity contribution < 1.29 is 4.79 Å². The highest BCUT2D eigenvalue weighted by atomic mass is 35.5. The molecule has 2 aromatic heterocycles. The van der Waals surface area contributed by atoms with Gasteiger partial charge < -0.3 is 10.3 Å². The molecule has 0 aliphatic heterocycles. The summed E-state index contributed by atoms with van der Waals surface area (Å²) in [6.07, 6.45) is 3.36. The van der Waals surface area contributed by atoms with E-state index in [9.17, 15) is 4.79 Å². The summed E-state index contributed by atoms with van der Waals surface area (Å²) in [6, 6.07) is 10.7. The second-order valence-electron chi connectivity index (χ2n) is 4.06. The lowest BCUT2D eigenvalue weighted by Gasteiger charge is -2.05. The second kappa shape index (κ2) is 4.74. The van der Waals surface area contributed by atoms with Crippen molar-refractivity contribution in [1.82, 2.24) is 9.97 Å². The van der Waals surface area contributed by atoms with Crippen LogP contribution in [0.1, 0.15) is 10.4 Å². The summed E-state index contributed by atoms with van der Waals surface area (Å²) in [6.45, 7) is 0. The largest absolute Gasteiger partial charge is 0.361 e. The Bertz CT molecular complexity index is 751. The van der Waals surface area contributed by atoms with Crippen LogP contribution in [0.5, 0.6) is 0 Å². The SMILES string of the molecule is O=C(Nc1cc(Cl)ccn1)c1cccc2[nH]ccc12. The lowest BCUT2D eigenvalue weighted by atomic mass is 10.1. The van der Waals surface area contributed by atoms with Crippen LogP contribution in [0.4, 0.5) is 5.82 Å². The van der Waals surface area contributed by atoms with Crippen LogP contribution in [0, 0.1) is 0 Å². The van der Waals surface area contributed by atoms with Gasteiger partial charge >= 0.3 is 0 Å². The number of halogens is 1. The molecular weight excluding hydrogens is 262 g/mol. The zero-order chi connectivity index (χ0) is 13.2. The van der Waals surface area contributed by atoms with Crippen molar-refractivity contribution in [2.45, 2.75) is 0 Å². The standard InChI is InChI=1S/C14H10ClN3O/c15-9-4-6-17-13(8-9)18-14(19)11-2-1-3-12-10(11)5-7-16-12/h1-8,16H,(H,17,18,19). The van der Waals surface area contributed by atoms with Crippen LogP contribution in [-0.4, -0.2) is 15.9 Å². The maximum Gasteiger partial charge on any atom is 0.257 e. The number of rotatable bonds is 2. The molecule has 5 heteroatoms. The van der Waals surface area contributed by atoms with Gasteiger partial charge in [0.2, 0.25) is 0 Å². The molecule has 1 aromatic carbocycles. The van der Waals surface area contributed by atoms with E-state index in [1.165, 1.54) is 0 Å². The van der Waals surface area contributed by atoms with E-state index in [1.807, 2.05) is 18.2 Å². The molecule has 0 spiro atoms. The minimum Gasteiger partial charge on any atom is -0.361 e. The van der Waals surface area contributed by atoms with Gasteiger partial charge in [-0.2, -0.15) is 0 Å². The van der Waals surface area contributed by atoms with Gasteiger partial charge in [-0.1, -0.05) is 17.7 Å². The van der Waals surface area contributed by atoms with Gasteiger partial charge in [-0.15, -0.1) is 0 Å². The summed E-state index contributed by atoms with van der Waals surface area (Å²) in [4.78, 5) is 19.3. The van der Waals surface area contributed by atoms with Crippen LogP contribution >= 0.6 is 11.6 Å². The number of amides is 1. The molecule has 4 nitrogen and oxygen atoms in total. The molecule has 0 saturated carbocycles. The minimum absolute atomic E-state index is 0.208. The number of nitrogens with zero attached hydrogens (tertiary/aromatic N) is 1. The third kappa shape index (κ3) is 2.30.